The lowest BCUT2D eigenvalue weighted by Gasteiger charge is -2.09. The summed E-state index contributed by atoms with van der Waals surface area (Å²) >= 11 is 0. The minimum atomic E-state index is -2.91. The molecule has 0 aliphatic heterocycles. The molecule has 0 radical (unpaired) electrons. The van der Waals surface area contributed by atoms with Crippen molar-refractivity contribution < 1.29 is 27.8 Å². The summed E-state index contributed by atoms with van der Waals surface area (Å²) in [7, 11) is 0. The fourth-order valence-corrected chi connectivity index (χ4v) is 1.97. The lowest BCUT2D eigenvalue weighted by atomic mass is 10.2. The average molecular weight is 350 g/mol. The van der Waals surface area contributed by atoms with Crippen LogP contribution in [0.2, 0.25) is 0 Å². The van der Waals surface area contributed by atoms with Crippen molar-refractivity contribution in [3.63, 3.8) is 0 Å². The topological polar surface area (TPSA) is 90.7 Å². The second-order valence-corrected chi connectivity index (χ2v) is 4.98. The number of ether oxygens (including phenoxy) is 2. The maximum atomic E-state index is 12.2. The molecule has 132 valence electrons. The largest absolute Gasteiger partial charge is 0.484 e. The number of amides is 2. The van der Waals surface area contributed by atoms with E-state index in [1.54, 1.807) is 24.3 Å². The average Bonchev–Trinajstić information content (AvgIpc) is 2.58. The minimum absolute atomic E-state index is 0.0151. The van der Waals surface area contributed by atoms with Gasteiger partial charge in [0.05, 0.1) is 0 Å². The fourth-order valence-electron chi connectivity index (χ4n) is 1.97. The van der Waals surface area contributed by atoms with E-state index in [0.717, 1.165) is 0 Å². The van der Waals surface area contributed by atoms with E-state index < -0.39 is 18.4 Å². The summed E-state index contributed by atoms with van der Waals surface area (Å²) in [5.41, 5.74) is 6.03. The van der Waals surface area contributed by atoms with Crippen LogP contribution in [0.5, 0.6) is 11.5 Å². The van der Waals surface area contributed by atoms with Crippen molar-refractivity contribution in [2.75, 3.05) is 6.61 Å². The highest BCUT2D eigenvalue weighted by Gasteiger charge is 2.07. The predicted octanol–water partition coefficient (Wildman–Crippen LogP) is 2.08. The SMILES string of the molecule is NC(=O)c1cccc(OCC(=O)NCc2cccc(OC(F)F)c2)c1. The number of halogens is 2. The van der Waals surface area contributed by atoms with Crippen LogP contribution in [-0.4, -0.2) is 25.0 Å². The van der Waals surface area contributed by atoms with Gasteiger partial charge in [-0.2, -0.15) is 8.78 Å². The number of nitrogens with two attached hydrogens (primary N) is 1. The standard InChI is InChI=1S/C17H16F2N2O4/c18-17(19)25-14-6-1-3-11(7-14)9-21-15(22)10-24-13-5-2-4-12(8-13)16(20)23/h1-8,17H,9-10H2,(H2,20,23)(H,21,22). The molecule has 0 aliphatic carbocycles. The molecule has 8 heteroatoms. The lowest BCUT2D eigenvalue weighted by Crippen LogP contribution is -2.28. The van der Waals surface area contributed by atoms with Gasteiger partial charge >= 0.3 is 6.61 Å². The number of carbonyl (C=O) groups is 2. The molecule has 25 heavy (non-hydrogen) atoms. The molecule has 2 rings (SSSR count). The van der Waals surface area contributed by atoms with Crippen LogP contribution >= 0.6 is 0 Å². The molecule has 0 saturated carbocycles. The van der Waals surface area contributed by atoms with Gasteiger partial charge in [0.1, 0.15) is 11.5 Å². The highest BCUT2D eigenvalue weighted by Crippen LogP contribution is 2.16. The van der Waals surface area contributed by atoms with Crippen LogP contribution in [0.1, 0.15) is 15.9 Å². The number of hydrogen-bond donors (Lipinski definition) is 2. The van der Waals surface area contributed by atoms with E-state index in [-0.39, 0.29) is 24.5 Å². The molecular formula is C17H16F2N2O4. The second kappa shape index (κ2) is 8.62. The normalized spacial score (nSPS) is 10.4. The molecule has 0 aliphatic rings. The third-order valence-corrected chi connectivity index (χ3v) is 3.10. The predicted molar refractivity (Wildman–Crippen MR) is 85.4 cm³/mol. The van der Waals surface area contributed by atoms with Crippen molar-refractivity contribution in [1.82, 2.24) is 5.32 Å². The van der Waals surface area contributed by atoms with Gasteiger partial charge in [0.2, 0.25) is 5.91 Å². The summed E-state index contributed by atoms with van der Waals surface area (Å²) in [6.45, 7) is -3.05. The maximum absolute atomic E-state index is 12.2. The molecule has 3 N–H and O–H groups in total. The van der Waals surface area contributed by atoms with Gasteiger partial charge in [0.25, 0.3) is 5.91 Å². The van der Waals surface area contributed by atoms with Gasteiger partial charge in [-0.05, 0) is 35.9 Å². The Hall–Kier alpha value is -3.16. The number of hydrogen-bond acceptors (Lipinski definition) is 4. The van der Waals surface area contributed by atoms with Crippen molar-refractivity contribution in [3.8, 4) is 11.5 Å². The number of primary amides is 1. The van der Waals surface area contributed by atoms with Crippen molar-refractivity contribution in [2.45, 2.75) is 13.2 Å². The Morgan fingerprint density at radius 2 is 1.80 bits per heavy atom. The van der Waals surface area contributed by atoms with Crippen LogP contribution in [0.3, 0.4) is 0 Å². The molecular weight excluding hydrogens is 334 g/mol. The van der Waals surface area contributed by atoms with Crippen molar-refractivity contribution in [2.24, 2.45) is 5.73 Å². The van der Waals surface area contributed by atoms with Crippen LogP contribution < -0.4 is 20.5 Å². The molecule has 0 aromatic heterocycles. The molecule has 0 fully saturated rings. The van der Waals surface area contributed by atoms with Crippen molar-refractivity contribution >= 4 is 11.8 Å². The summed E-state index contributed by atoms with van der Waals surface area (Å²) < 4.78 is 33.9. The Morgan fingerprint density at radius 3 is 2.52 bits per heavy atom. The third-order valence-electron chi connectivity index (χ3n) is 3.10. The summed E-state index contributed by atoms with van der Waals surface area (Å²) in [5, 5.41) is 2.59. The van der Waals surface area contributed by atoms with E-state index in [2.05, 4.69) is 10.1 Å². The number of alkyl halides is 2. The highest BCUT2D eigenvalue weighted by atomic mass is 19.3. The zero-order chi connectivity index (χ0) is 18.2. The molecule has 0 atom stereocenters. The molecule has 6 nitrogen and oxygen atoms in total. The Morgan fingerprint density at radius 1 is 1.08 bits per heavy atom. The molecule has 0 unspecified atom stereocenters. The number of benzene rings is 2. The first-order chi connectivity index (χ1) is 11.9. The zero-order valence-electron chi connectivity index (χ0n) is 13.1. The Bertz CT molecular complexity index is 753. The van der Waals surface area contributed by atoms with E-state index in [1.807, 2.05) is 0 Å². The molecule has 2 aromatic rings. The zero-order valence-corrected chi connectivity index (χ0v) is 13.1. The van der Waals surface area contributed by atoms with E-state index >= 15 is 0 Å². The Labute approximate surface area is 142 Å². The first-order valence-electron chi connectivity index (χ1n) is 7.27. The Balaban J connectivity index is 1.83. The van der Waals surface area contributed by atoms with Crippen LogP contribution in [-0.2, 0) is 11.3 Å². The smallest absolute Gasteiger partial charge is 0.387 e. The minimum Gasteiger partial charge on any atom is -0.484 e. The molecule has 0 saturated heterocycles. The van der Waals surface area contributed by atoms with Gasteiger partial charge in [-0.25, -0.2) is 0 Å². The van der Waals surface area contributed by atoms with Gasteiger partial charge in [0, 0.05) is 12.1 Å². The van der Waals surface area contributed by atoms with Crippen LogP contribution in [0.25, 0.3) is 0 Å². The van der Waals surface area contributed by atoms with Crippen LogP contribution in [0, 0.1) is 0 Å². The Kier molecular flexibility index (Phi) is 6.27. The van der Waals surface area contributed by atoms with E-state index in [9.17, 15) is 18.4 Å². The van der Waals surface area contributed by atoms with E-state index in [1.165, 1.54) is 24.3 Å². The third kappa shape index (κ3) is 6.09. The first-order valence-corrected chi connectivity index (χ1v) is 7.27. The summed E-state index contributed by atoms with van der Waals surface area (Å²) in [6.07, 6.45) is 0. The first kappa shape index (κ1) is 18.2. The fraction of sp³-hybridized carbons (Fsp3) is 0.176. The quantitative estimate of drug-likeness (QED) is 0.763. The van der Waals surface area contributed by atoms with Gasteiger partial charge in [-0.15, -0.1) is 0 Å². The maximum Gasteiger partial charge on any atom is 0.387 e. The lowest BCUT2D eigenvalue weighted by molar-refractivity contribution is -0.123. The van der Waals surface area contributed by atoms with Crippen LogP contribution in [0.4, 0.5) is 8.78 Å². The molecule has 0 spiro atoms. The van der Waals surface area contributed by atoms with Gasteiger partial charge in [0.15, 0.2) is 6.61 Å². The van der Waals surface area contributed by atoms with Crippen molar-refractivity contribution in [3.05, 3.63) is 59.7 Å². The van der Waals surface area contributed by atoms with E-state index in [0.29, 0.717) is 11.3 Å². The summed E-state index contributed by atoms with van der Waals surface area (Å²) in [4.78, 5) is 22.9. The van der Waals surface area contributed by atoms with Crippen molar-refractivity contribution in [1.29, 1.82) is 0 Å². The molecule has 2 amide bonds. The second-order valence-electron chi connectivity index (χ2n) is 4.98. The molecule has 0 heterocycles. The van der Waals surface area contributed by atoms with Gasteiger partial charge in [-0.3, -0.25) is 9.59 Å². The number of rotatable bonds is 8. The van der Waals surface area contributed by atoms with Crippen LogP contribution in [0.15, 0.2) is 48.5 Å². The summed E-state index contributed by atoms with van der Waals surface area (Å²) in [6, 6.07) is 12.1. The number of nitrogens with one attached hydrogen (secondary N) is 1. The monoisotopic (exact) mass is 350 g/mol. The molecule has 0 bridgehead atoms. The molecule has 2 aromatic carbocycles. The highest BCUT2D eigenvalue weighted by molar-refractivity contribution is 5.93. The van der Waals surface area contributed by atoms with E-state index in [4.69, 9.17) is 10.5 Å². The van der Waals surface area contributed by atoms with Gasteiger partial charge < -0.3 is 20.5 Å². The summed E-state index contributed by atoms with van der Waals surface area (Å²) in [5.74, 6) is -0.662. The number of carbonyl (C=O) groups excluding carboxylic acids is 2. The van der Waals surface area contributed by atoms with Gasteiger partial charge in [-0.1, -0.05) is 18.2 Å².